The highest BCUT2D eigenvalue weighted by Gasteiger charge is 2.35. The van der Waals surface area contributed by atoms with Crippen LogP contribution < -0.4 is 10.2 Å². The van der Waals surface area contributed by atoms with Crippen molar-refractivity contribution in [2.75, 3.05) is 18.6 Å². The second-order valence-electron chi connectivity index (χ2n) is 7.10. The number of carbonyl (C=O) groups excluding carboxylic acids is 2. The summed E-state index contributed by atoms with van der Waals surface area (Å²) in [6.45, 7) is 5.46. The third kappa shape index (κ3) is 4.37. The predicted molar refractivity (Wildman–Crippen MR) is 105 cm³/mol. The Balaban J connectivity index is 1.62. The first-order valence-electron chi connectivity index (χ1n) is 9.20. The van der Waals surface area contributed by atoms with Crippen LogP contribution in [0.4, 0.5) is 5.69 Å². The van der Waals surface area contributed by atoms with Gasteiger partial charge in [0, 0.05) is 32.3 Å². The Morgan fingerprint density at radius 2 is 1.93 bits per heavy atom. The van der Waals surface area contributed by atoms with Gasteiger partial charge in [-0.2, -0.15) is 0 Å². The molecule has 5 heteroatoms. The van der Waals surface area contributed by atoms with E-state index in [9.17, 15) is 9.59 Å². The van der Waals surface area contributed by atoms with Gasteiger partial charge in [0.25, 0.3) is 0 Å². The normalized spacial score (nSPS) is 16.6. The number of carbonyl (C=O) groups is 2. The van der Waals surface area contributed by atoms with Gasteiger partial charge in [-0.25, -0.2) is 0 Å². The molecular formula is C22H26N2O3. The van der Waals surface area contributed by atoms with Crippen molar-refractivity contribution in [2.45, 2.75) is 33.4 Å². The fourth-order valence-electron chi connectivity index (χ4n) is 3.47. The molecule has 1 unspecified atom stereocenters. The lowest BCUT2D eigenvalue weighted by Gasteiger charge is -2.20. The molecule has 1 fully saturated rings. The Labute approximate surface area is 160 Å². The number of methoxy groups -OCH3 is 1. The number of aryl methyl sites for hydroxylation is 1. The average Bonchev–Trinajstić information content (AvgIpc) is 3.04. The highest BCUT2D eigenvalue weighted by molar-refractivity contribution is 6.00. The van der Waals surface area contributed by atoms with Crippen molar-refractivity contribution in [1.82, 2.24) is 5.32 Å². The first kappa shape index (κ1) is 19.1. The minimum Gasteiger partial charge on any atom is -0.380 e. The fourth-order valence-corrected chi connectivity index (χ4v) is 3.47. The Kier molecular flexibility index (Phi) is 5.91. The summed E-state index contributed by atoms with van der Waals surface area (Å²) in [4.78, 5) is 26.8. The maximum Gasteiger partial charge on any atom is 0.227 e. The molecule has 0 spiro atoms. The molecule has 1 N–H and O–H groups in total. The first-order valence-corrected chi connectivity index (χ1v) is 9.20. The van der Waals surface area contributed by atoms with Crippen molar-refractivity contribution < 1.29 is 14.3 Å². The maximum absolute atomic E-state index is 12.6. The number of hydrogen-bond donors (Lipinski definition) is 1. The van der Waals surface area contributed by atoms with Gasteiger partial charge in [-0.05, 0) is 42.2 Å². The lowest BCUT2D eigenvalue weighted by Crippen LogP contribution is -2.32. The lowest BCUT2D eigenvalue weighted by atomic mass is 10.1. The van der Waals surface area contributed by atoms with Crippen LogP contribution in [0.3, 0.4) is 0 Å². The fraction of sp³-hybridized carbons (Fsp3) is 0.364. The van der Waals surface area contributed by atoms with Crippen LogP contribution in [0.2, 0.25) is 0 Å². The minimum absolute atomic E-state index is 0.00550. The molecule has 1 saturated heterocycles. The van der Waals surface area contributed by atoms with Crippen molar-refractivity contribution in [3.8, 4) is 0 Å². The van der Waals surface area contributed by atoms with Crippen molar-refractivity contribution in [3.63, 3.8) is 0 Å². The second kappa shape index (κ2) is 8.35. The molecule has 2 amide bonds. The summed E-state index contributed by atoms with van der Waals surface area (Å²) in [5, 5.41) is 2.97. The molecule has 142 valence electrons. The molecule has 1 aliphatic rings. The van der Waals surface area contributed by atoms with Gasteiger partial charge in [0.1, 0.15) is 0 Å². The van der Waals surface area contributed by atoms with Gasteiger partial charge in [0.15, 0.2) is 0 Å². The molecule has 2 aromatic carbocycles. The van der Waals surface area contributed by atoms with Gasteiger partial charge in [-0.3, -0.25) is 9.59 Å². The van der Waals surface area contributed by atoms with Gasteiger partial charge in [-0.15, -0.1) is 0 Å². The molecule has 0 aromatic heterocycles. The van der Waals surface area contributed by atoms with Crippen LogP contribution in [0.25, 0.3) is 0 Å². The summed E-state index contributed by atoms with van der Waals surface area (Å²) in [5.41, 5.74) is 5.23. The zero-order chi connectivity index (χ0) is 19.4. The van der Waals surface area contributed by atoms with Crippen LogP contribution in [0.5, 0.6) is 0 Å². The number of amides is 2. The van der Waals surface area contributed by atoms with Crippen LogP contribution in [0.15, 0.2) is 42.5 Å². The van der Waals surface area contributed by atoms with Crippen molar-refractivity contribution >= 4 is 17.5 Å². The number of rotatable bonds is 6. The van der Waals surface area contributed by atoms with E-state index in [4.69, 9.17) is 4.74 Å². The molecule has 0 aliphatic carbocycles. The van der Waals surface area contributed by atoms with Crippen LogP contribution in [-0.2, 0) is 27.5 Å². The average molecular weight is 366 g/mol. The monoisotopic (exact) mass is 366 g/mol. The molecule has 0 saturated carbocycles. The van der Waals surface area contributed by atoms with Crippen molar-refractivity contribution in [2.24, 2.45) is 5.92 Å². The quantitative estimate of drug-likeness (QED) is 0.855. The standard InChI is InChI=1S/C22H26N2O3/c1-15-6-4-9-20(16(15)2)24-13-19(11-21(24)25)22(26)23-12-17-7-5-8-18(10-17)14-27-3/h4-10,19H,11-14H2,1-3H3,(H,23,26). The van der Waals surface area contributed by atoms with Crippen LogP contribution in [-0.4, -0.2) is 25.5 Å². The third-order valence-corrected chi connectivity index (χ3v) is 5.13. The Morgan fingerprint density at radius 1 is 1.19 bits per heavy atom. The highest BCUT2D eigenvalue weighted by Crippen LogP contribution is 2.29. The minimum atomic E-state index is -0.320. The maximum atomic E-state index is 12.6. The van der Waals surface area contributed by atoms with Gasteiger partial charge in [-0.1, -0.05) is 36.4 Å². The van der Waals surface area contributed by atoms with Crippen molar-refractivity contribution in [3.05, 3.63) is 64.7 Å². The molecule has 27 heavy (non-hydrogen) atoms. The SMILES string of the molecule is COCc1cccc(CNC(=O)C2CC(=O)N(c3cccc(C)c3C)C2)c1. The van der Waals surface area contributed by atoms with E-state index in [1.54, 1.807) is 12.0 Å². The highest BCUT2D eigenvalue weighted by atomic mass is 16.5. The molecule has 1 aliphatic heterocycles. The first-order chi connectivity index (χ1) is 13.0. The van der Waals surface area contributed by atoms with Crippen LogP contribution >= 0.6 is 0 Å². The zero-order valence-electron chi connectivity index (χ0n) is 16.1. The topological polar surface area (TPSA) is 58.6 Å². The Morgan fingerprint density at radius 3 is 2.70 bits per heavy atom. The van der Waals surface area contributed by atoms with E-state index in [0.717, 1.165) is 27.9 Å². The Hall–Kier alpha value is -2.66. The van der Waals surface area contributed by atoms with Gasteiger partial charge in [0.2, 0.25) is 11.8 Å². The van der Waals surface area contributed by atoms with E-state index in [2.05, 4.69) is 5.32 Å². The Bertz CT molecular complexity index is 847. The van der Waals surface area contributed by atoms with E-state index >= 15 is 0 Å². The van der Waals surface area contributed by atoms with Gasteiger partial charge in [0.05, 0.1) is 12.5 Å². The largest absolute Gasteiger partial charge is 0.380 e. The van der Waals surface area contributed by atoms with Crippen molar-refractivity contribution in [1.29, 1.82) is 0 Å². The molecule has 0 radical (unpaired) electrons. The molecule has 3 rings (SSSR count). The van der Waals surface area contributed by atoms with E-state index in [1.807, 2.05) is 56.3 Å². The number of hydrogen-bond acceptors (Lipinski definition) is 3. The number of benzene rings is 2. The summed E-state index contributed by atoms with van der Waals surface area (Å²) in [5.74, 6) is -0.390. The predicted octanol–water partition coefficient (Wildman–Crippen LogP) is 3.12. The van der Waals surface area contributed by atoms with Gasteiger partial charge >= 0.3 is 0 Å². The number of ether oxygens (including phenoxy) is 1. The third-order valence-electron chi connectivity index (χ3n) is 5.13. The molecule has 1 heterocycles. The number of anilines is 1. The summed E-state index contributed by atoms with van der Waals surface area (Å²) < 4.78 is 5.14. The van der Waals surface area contributed by atoms with E-state index < -0.39 is 0 Å². The van der Waals surface area contributed by atoms with Crippen LogP contribution in [0, 0.1) is 19.8 Å². The lowest BCUT2D eigenvalue weighted by molar-refractivity contribution is -0.126. The molecule has 1 atom stereocenters. The second-order valence-corrected chi connectivity index (χ2v) is 7.10. The van der Waals surface area contributed by atoms with Crippen LogP contribution in [0.1, 0.15) is 28.7 Å². The van der Waals surface area contributed by atoms with E-state index in [1.165, 1.54) is 0 Å². The summed E-state index contributed by atoms with van der Waals surface area (Å²) >= 11 is 0. The molecule has 2 aromatic rings. The summed E-state index contributed by atoms with van der Waals surface area (Å²) in [7, 11) is 1.66. The van der Waals surface area contributed by atoms with E-state index in [-0.39, 0.29) is 24.2 Å². The smallest absolute Gasteiger partial charge is 0.227 e. The number of nitrogens with one attached hydrogen (secondary N) is 1. The van der Waals surface area contributed by atoms with Gasteiger partial charge < -0.3 is 15.0 Å². The molecular weight excluding hydrogens is 340 g/mol. The number of nitrogens with zero attached hydrogens (tertiary/aromatic N) is 1. The zero-order valence-corrected chi connectivity index (χ0v) is 16.1. The molecule has 5 nitrogen and oxygen atoms in total. The summed E-state index contributed by atoms with van der Waals surface area (Å²) in [6.07, 6.45) is 0.253. The molecule has 0 bridgehead atoms. The van der Waals surface area contributed by atoms with E-state index in [0.29, 0.717) is 19.7 Å². The summed E-state index contributed by atoms with van der Waals surface area (Å²) in [6, 6.07) is 13.9.